The van der Waals surface area contributed by atoms with Crippen molar-refractivity contribution in [3.8, 4) is 0 Å². The van der Waals surface area contributed by atoms with Crippen LogP contribution in [0, 0.1) is 6.92 Å². The molecule has 0 radical (unpaired) electrons. The Hall–Kier alpha value is -4.13. The molecule has 1 aliphatic rings. The maximum atomic E-state index is 14.4. The van der Waals surface area contributed by atoms with Crippen LogP contribution in [0.15, 0.2) is 84.9 Å². The minimum Gasteiger partial charge on any atom is -0.326 e. The first-order valence-corrected chi connectivity index (χ1v) is 13.4. The summed E-state index contributed by atoms with van der Waals surface area (Å²) in [6.07, 6.45) is 0.997. The number of para-hydroxylation sites is 1. The van der Waals surface area contributed by atoms with Crippen LogP contribution in [0.5, 0.6) is 0 Å². The Morgan fingerprint density at radius 1 is 0.846 bits per heavy atom. The van der Waals surface area contributed by atoms with Gasteiger partial charge in [0.05, 0.1) is 11.6 Å². The van der Waals surface area contributed by atoms with E-state index >= 15 is 0 Å². The number of benzene rings is 3. The van der Waals surface area contributed by atoms with Crippen LogP contribution in [0.4, 0.5) is 10.5 Å². The number of urea groups is 1. The van der Waals surface area contributed by atoms with Crippen molar-refractivity contribution in [1.29, 1.82) is 0 Å². The van der Waals surface area contributed by atoms with Crippen LogP contribution in [0.25, 0.3) is 0 Å². The molecule has 7 nitrogen and oxygen atoms in total. The number of hydrogen-bond acceptors (Lipinski definition) is 3. The zero-order valence-electron chi connectivity index (χ0n) is 23.3. The molecular formula is C32H38N4O3. The van der Waals surface area contributed by atoms with Gasteiger partial charge in [-0.15, -0.1) is 0 Å². The number of anilines is 1. The van der Waals surface area contributed by atoms with Gasteiger partial charge in [-0.3, -0.25) is 9.59 Å². The van der Waals surface area contributed by atoms with Gasteiger partial charge in [0.15, 0.2) is 0 Å². The number of hydrogen-bond donors (Lipinski definition) is 2. The van der Waals surface area contributed by atoms with Crippen molar-refractivity contribution in [3.05, 3.63) is 102 Å². The molecule has 0 saturated carbocycles. The molecule has 39 heavy (non-hydrogen) atoms. The summed E-state index contributed by atoms with van der Waals surface area (Å²) in [5.41, 5.74) is 2.95. The highest BCUT2D eigenvalue weighted by Crippen LogP contribution is 2.41. The zero-order chi connectivity index (χ0) is 28.2. The van der Waals surface area contributed by atoms with Gasteiger partial charge in [0.25, 0.3) is 5.91 Å². The Kier molecular flexibility index (Phi) is 8.38. The number of amides is 4. The summed E-state index contributed by atoms with van der Waals surface area (Å²) in [4.78, 5) is 40.8. The van der Waals surface area contributed by atoms with Gasteiger partial charge < -0.3 is 10.6 Å². The molecule has 4 rings (SSSR count). The summed E-state index contributed by atoms with van der Waals surface area (Å²) in [7, 11) is 0. The molecule has 3 aromatic rings. The average molecular weight is 527 g/mol. The Bertz CT molecular complexity index is 1300. The number of hydrazine groups is 1. The minimum atomic E-state index is -0.850. The molecule has 3 aromatic carbocycles. The number of carbonyl (C=O) groups is 3. The molecule has 0 aromatic heterocycles. The van der Waals surface area contributed by atoms with Gasteiger partial charge in [0.1, 0.15) is 6.04 Å². The van der Waals surface area contributed by atoms with Crippen LogP contribution >= 0.6 is 0 Å². The van der Waals surface area contributed by atoms with Gasteiger partial charge in [-0.1, -0.05) is 78.9 Å². The molecular weight excluding hydrogens is 488 g/mol. The first-order chi connectivity index (χ1) is 18.6. The number of rotatable bonds is 5. The van der Waals surface area contributed by atoms with Gasteiger partial charge in [0.2, 0.25) is 5.91 Å². The second-order valence-corrected chi connectivity index (χ2v) is 11.2. The van der Waals surface area contributed by atoms with Gasteiger partial charge >= 0.3 is 6.03 Å². The fraction of sp³-hybridized carbons (Fsp3) is 0.344. The fourth-order valence-electron chi connectivity index (χ4n) is 5.45. The maximum absolute atomic E-state index is 14.4. The lowest BCUT2D eigenvalue weighted by molar-refractivity contribution is -0.181. The summed E-state index contributed by atoms with van der Waals surface area (Å²) >= 11 is 0. The molecule has 204 valence electrons. The molecule has 0 aliphatic carbocycles. The Morgan fingerprint density at radius 2 is 1.41 bits per heavy atom. The van der Waals surface area contributed by atoms with Crippen LogP contribution < -0.4 is 10.6 Å². The molecule has 1 heterocycles. The fourth-order valence-corrected chi connectivity index (χ4v) is 5.45. The van der Waals surface area contributed by atoms with Crippen LogP contribution in [-0.2, 0) is 9.59 Å². The second-order valence-electron chi connectivity index (χ2n) is 11.2. The van der Waals surface area contributed by atoms with E-state index in [1.807, 2.05) is 100 Å². The number of nitrogens with one attached hydrogen (secondary N) is 2. The average Bonchev–Trinajstić information content (AvgIpc) is 3.03. The highest BCUT2D eigenvalue weighted by molar-refractivity contribution is 5.95. The minimum absolute atomic E-state index is 0.0390. The van der Waals surface area contributed by atoms with Gasteiger partial charge in [-0.05, 0) is 69.2 Å². The van der Waals surface area contributed by atoms with E-state index in [1.54, 1.807) is 10.0 Å². The molecule has 1 fully saturated rings. The lowest BCUT2D eigenvalue weighted by Gasteiger charge is -2.47. The molecule has 3 unspecified atom stereocenters. The standard InChI is InChI=1S/C32H38N4O3/c1-22-14-12-13-19-27(22)33-31(39)34-28-20-26(24-15-8-6-9-16-24)21-29(25-17-10-7-11-18-25)35(30(28)38)36(23(2)37)32(3,4)5/h6-19,26,28-29H,20-21H2,1-5H3,(H2,33,34,39). The normalized spacial score (nSPS) is 19.7. The third-order valence-electron chi connectivity index (χ3n) is 7.15. The lowest BCUT2D eigenvalue weighted by Crippen LogP contribution is -2.61. The predicted molar refractivity (Wildman–Crippen MR) is 154 cm³/mol. The Morgan fingerprint density at radius 3 is 1.97 bits per heavy atom. The molecule has 2 N–H and O–H groups in total. The maximum Gasteiger partial charge on any atom is 0.319 e. The molecule has 0 spiro atoms. The van der Waals surface area contributed by atoms with Crippen molar-refractivity contribution >= 4 is 23.5 Å². The van der Waals surface area contributed by atoms with Gasteiger partial charge in [0, 0.05) is 12.6 Å². The molecule has 3 atom stereocenters. The third-order valence-corrected chi connectivity index (χ3v) is 7.15. The summed E-state index contributed by atoms with van der Waals surface area (Å²) in [6, 6.07) is 25.7. The van der Waals surface area contributed by atoms with Crippen molar-refractivity contribution in [2.45, 2.75) is 71.0 Å². The Labute approximate surface area is 231 Å². The second kappa shape index (κ2) is 11.7. The SMILES string of the molecule is CC(=O)N(N1C(=O)C(NC(=O)Nc2ccccc2C)CC(c2ccccc2)CC1c1ccccc1)C(C)(C)C. The first kappa shape index (κ1) is 27.9. The van der Waals surface area contributed by atoms with E-state index in [9.17, 15) is 14.4 Å². The Balaban J connectivity index is 1.78. The molecule has 7 heteroatoms. The highest BCUT2D eigenvalue weighted by Gasteiger charge is 2.45. The summed E-state index contributed by atoms with van der Waals surface area (Å²) in [6.45, 7) is 9.13. The van der Waals surface area contributed by atoms with E-state index in [-0.39, 0.29) is 17.7 Å². The van der Waals surface area contributed by atoms with Crippen LogP contribution in [0.3, 0.4) is 0 Å². The predicted octanol–water partition coefficient (Wildman–Crippen LogP) is 6.19. The molecule has 1 saturated heterocycles. The molecule has 0 bridgehead atoms. The largest absolute Gasteiger partial charge is 0.326 e. The smallest absolute Gasteiger partial charge is 0.319 e. The monoisotopic (exact) mass is 526 g/mol. The first-order valence-electron chi connectivity index (χ1n) is 13.4. The zero-order valence-corrected chi connectivity index (χ0v) is 23.3. The van der Waals surface area contributed by atoms with Crippen molar-refractivity contribution < 1.29 is 14.4 Å². The van der Waals surface area contributed by atoms with E-state index in [4.69, 9.17) is 0 Å². The molecule has 1 aliphatic heterocycles. The summed E-state index contributed by atoms with van der Waals surface area (Å²) < 4.78 is 0. The van der Waals surface area contributed by atoms with E-state index < -0.39 is 23.7 Å². The topological polar surface area (TPSA) is 81.8 Å². The van der Waals surface area contributed by atoms with Crippen molar-refractivity contribution in [2.75, 3.05) is 5.32 Å². The van der Waals surface area contributed by atoms with E-state index in [2.05, 4.69) is 22.8 Å². The highest BCUT2D eigenvalue weighted by atomic mass is 16.2. The lowest BCUT2D eigenvalue weighted by atomic mass is 9.86. The number of nitrogens with zero attached hydrogens (tertiary/aromatic N) is 2. The van der Waals surface area contributed by atoms with Gasteiger partial charge in [-0.2, -0.15) is 0 Å². The van der Waals surface area contributed by atoms with E-state index in [0.29, 0.717) is 18.5 Å². The van der Waals surface area contributed by atoms with Crippen molar-refractivity contribution in [3.63, 3.8) is 0 Å². The molecule has 4 amide bonds. The van der Waals surface area contributed by atoms with Crippen LogP contribution in [0.1, 0.15) is 69.2 Å². The van der Waals surface area contributed by atoms with Crippen LogP contribution in [0.2, 0.25) is 0 Å². The van der Waals surface area contributed by atoms with Crippen LogP contribution in [-0.4, -0.2) is 39.4 Å². The van der Waals surface area contributed by atoms with Crippen molar-refractivity contribution in [2.24, 2.45) is 0 Å². The van der Waals surface area contributed by atoms with Crippen molar-refractivity contribution in [1.82, 2.24) is 15.3 Å². The van der Waals surface area contributed by atoms with Gasteiger partial charge in [-0.25, -0.2) is 14.8 Å². The van der Waals surface area contributed by atoms with E-state index in [1.165, 1.54) is 6.92 Å². The third kappa shape index (κ3) is 6.48. The summed E-state index contributed by atoms with van der Waals surface area (Å²) in [5.74, 6) is -0.590. The number of carbonyl (C=O) groups excluding carboxylic acids is 3. The van der Waals surface area contributed by atoms with E-state index in [0.717, 1.165) is 16.7 Å². The quantitative estimate of drug-likeness (QED) is 0.416. The number of aryl methyl sites for hydroxylation is 1. The summed E-state index contributed by atoms with van der Waals surface area (Å²) in [5, 5.41) is 8.99.